The van der Waals surface area contributed by atoms with Gasteiger partial charge in [0.1, 0.15) is 5.82 Å². The number of hydrogen-bond donors (Lipinski definition) is 2. The van der Waals surface area contributed by atoms with E-state index in [1.54, 1.807) is 6.07 Å². The predicted molar refractivity (Wildman–Crippen MR) is 92.1 cm³/mol. The van der Waals surface area contributed by atoms with Crippen LogP contribution in [0.3, 0.4) is 0 Å². The molecule has 3 amide bonds. The number of amides is 3. The van der Waals surface area contributed by atoms with Crippen molar-refractivity contribution in [3.63, 3.8) is 0 Å². The number of para-hydroxylation sites is 1. The van der Waals surface area contributed by atoms with Crippen LogP contribution < -0.4 is 15.8 Å². The Kier molecular flexibility index (Phi) is 5.68. The molecule has 0 spiro atoms. The summed E-state index contributed by atoms with van der Waals surface area (Å²) in [4.78, 5) is 48.6. The zero-order valence-corrected chi connectivity index (χ0v) is 14.5. The van der Waals surface area contributed by atoms with E-state index in [0.29, 0.717) is 0 Å². The van der Waals surface area contributed by atoms with E-state index in [1.165, 1.54) is 41.5 Å². The molecule has 3 rings (SSSR count). The van der Waals surface area contributed by atoms with E-state index in [0.717, 1.165) is 0 Å². The van der Waals surface area contributed by atoms with Crippen LogP contribution in [0.5, 0.6) is 0 Å². The molecule has 1 aromatic carbocycles. The summed E-state index contributed by atoms with van der Waals surface area (Å²) in [5, 5.41) is 0. The van der Waals surface area contributed by atoms with Crippen LogP contribution in [0.4, 0.5) is 10.1 Å². The Morgan fingerprint density at radius 1 is 1.18 bits per heavy atom. The quantitative estimate of drug-likeness (QED) is 0.576. The number of esters is 1. The molecule has 0 unspecified atom stereocenters. The summed E-state index contributed by atoms with van der Waals surface area (Å²) in [6.45, 7) is -0.697. The molecule has 1 saturated heterocycles. The van der Waals surface area contributed by atoms with E-state index < -0.39 is 42.0 Å². The molecule has 2 heterocycles. The Hall–Kier alpha value is -3.69. The molecule has 9 nitrogen and oxygen atoms in total. The van der Waals surface area contributed by atoms with Crippen molar-refractivity contribution in [3.05, 3.63) is 54.2 Å². The van der Waals surface area contributed by atoms with Crippen molar-refractivity contribution in [2.24, 2.45) is 5.92 Å². The molecule has 1 fully saturated rings. The van der Waals surface area contributed by atoms with Crippen molar-refractivity contribution < 1.29 is 32.7 Å². The lowest BCUT2D eigenvalue weighted by Crippen LogP contribution is -2.43. The highest BCUT2D eigenvalue weighted by Crippen LogP contribution is 2.27. The molecule has 10 heteroatoms. The van der Waals surface area contributed by atoms with Crippen LogP contribution in [-0.4, -0.2) is 36.8 Å². The first-order valence-corrected chi connectivity index (χ1v) is 8.30. The van der Waals surface area contributed by atoms with E-state index in [9.17, 15) is 23.6 Å². The number of furan rings is 1. The van der Waals surface area contributed by atoms with Crippen molar-refractivity contribution in [2.75, 3.05) is 18.1 Å². The normalized spacial score (nSPS) is 16.0. The Morgan fingerprint density at radius 3 is 2.68 bits per heavy atom. The third-order valence-electron chi connectivity index (χ3n) is 4.01. The monoisotopic (exact) mass is 389 g/mol. The Bertz CT molecular complexity index is 898. The molecule has 2 aromatic rings. The number of hydrazine groups is 1. The van der Waals surface area contributed by atoms with Gasteiger partial charge in [0, 0.05) is 13.0 Å². The van der Waals surface area contributed by atoms with E-state index >= 15 is 0 Å². The number of halogens is 1. The fourth-order valence-electron chi connectivity index (χ4n) is 2.66. The number of anilines is 1. The number of ether oxygens (including phenoxy) is 1. The zero-order valence-electron chi connectivity index (χ0n) is 14.5. The van der Waals surface area contributed by atoms with Gasteiger partial charge in [0.05, 0.1) is 17.9 Å². The van der Waals surface area contributed by atoms with Crippen molar-refractivity contribution in [3.8, 4) is 0 Å². The van der Waals surface area contributed by atoms with Gasteiger partial charge in [0.25, 0.3) is 5.91 Å². The van der Waals surface area contributed by atoms with Gasteiger partial charge in [-0.1, -0.05) is 12.1 Å². The lowest BCUT2D eigenvalue weighted by molar-refractivity contribution is -0.152. The van der Waals surface area contributed by atoms with Gasteiger partial charge in [-0.3, -0.25) is 30.0 Å². The van der Waals surface area contributed by atoms with Crippen LogP contribution in [0.1, 0.15) is 17.0 Å². The van der Waals surface area contributed by atoms with Crippen LogP contribution in [0, 0.1) is 11.7 Å². The molecular formula is C18H16FN3O6. The lowest BCUT2D eigenvalue weighted by Gasteiger charge is -2.17. The molecular weight excluding hydrogens is 373 g/mol. The molecule has 146 valence electrons. The SMILES string of the molecule is O=C(COC(=O)[C@@H]1CC(=O)N(c2ccccc2F)C1)NNC(=O)c1ccco1. The fourth-order valence-corrected chi connectivity index (χ4v) is 2.66. The molecule has 2 N–H and O–H groups in total. The maximum absolute atomic E-state index is 13.8. The second-order valence-corrected chi connectivity index (χ2v) is 5.94. The molecule has 1 atom stereocenters. The minimum absolute atomic E-state index is 0.00463. The summed E-state index contributed by atoms with van der Waals surface area (Å²) < 4.78 is 23.6. The summed E-state index contributed by atoms with van der Waals surface area (Å²) in [6, 6.07) is 8.64. The second kappa shape index (κ2) is 8.33. The van der Waals surface area contributed by atoms with Gasteiger partial charge in [-0.2, -0.15) is 0 Å². The average Bonchev–Trinajstić information content (AvgIpc) is 3.35. The first kappa shape index (κ1) is 19.1. The first-order valence-electron chi connectivity index (χ1n) is 8.30. The van der Waals surface area contributed by atoms with E-state index in [4.69, 9.17) is 9.15 Å². The third kappa shape index (κ3) is 4.34. The number of carbonyl (C=O) groups is 4. The predicted octanol–water partition coefficient (Wildman–Crippen LogP) is 0.776. The lowest BCUT2D eigenvalue weighted by atomic mass is 10.1. The smallest absolute Gasteiger partial charge is 0.311 e. The van der Waals surface area contributed by atoms with Gasteiger partial charge in [-0.25, -0.2) is 4.39 Å². The van der Waals surface area contributed by atoms with Gasteiger partial charge < -0.3 is 14.1 Å². The van der Waals surface area contributed by atoms with Crippen molar-refractivity contribution in [1.29, 1.82) is 0 Å². The maximum Gasteiger partial charge on any atom is 0.311 e. The Labute approximate surface area is 158 Å². The number of nitrogens with one attached hydrogen (secondary N) is 2. The highest BCUT2D eigenvalue weighted by molar-refractivity contribution is 5.99. The van der Waals surface area contributed by atoms with Crippen molar-refractivity contribution in [1.82, 2.24) is 10.9 Å². The summed E-state index contributed by atoms with van der Waals surface area (Å²) >= 11 is 0. The number of benzene rings is 1. The number of hydrogen-bond acceptors (Lipinski definition) is 6. The van der Waals surface area contributed by atoms with E-state index in [2.05, 4.69) is 10.9 Å². The van der Waals surface area contributed by atoms with Gasteiger partial charge in [-0.05, 0) is 24.3 Å². The van der Waals surface area contributed by atoms with Gasteiger partial charge >= 0.3 is 11.9 Å². The molecule has 0 radical (unpaired) electrons. The van der Waals surface area contributed by atoms with Crippen molar-refractivity contribution in [2.45, 2.75) is 6.42 Å². The van der Waals surface area contributed by atoms with Crippen LogP contribution in [-0.2, 0) is 19.1 Å². The van der Waals surface area contributed by atoms with Crippen LogP contribution in [0.15, 0.2) is 47.1 Å². The number of rotatable bonds is 5. The largest absolute Gasteiger partial charge is 0.459 e. The molecule has 0 aliphatic carbocycles. The third-order valence-corrected chi connectivity index (χ3v) is 4.01. The van der Waals surface area contributed by atoms with Crippen LogP contribution in [0.2, 0.25) is 0 Å². The van der Waals surface area contributed by atoms with Crippen molar-refractivity contribution >= 4 is 29.4 Å². The van der Waals surface area contributed by atoms with Crippen LogP contribution >= 0.6 is 0 Å². The number of carbonyl (C=O) groups excluding carboxylic acids is 4. The average molecular weight is 389 g/mol. The molecule has 0 saturated carbocycles. The second-order valence-electron chi connectivity index (χ2n) is 5.94. The van der Waals surface area contributed by atoms with Crippen LogP contribution in [0.25, 0.3) is 0 Å². The maximum atomic E-state index is 13.8. The fraction of sp³-hybridized carbons (Fsp3) is 0.222. The Morgan fingerprint density at radius 2 is 1.96 bits per heavy atom. The zero-order chi connectivity index (χ0) is 20.1. The molecule has 0 bridgehead atoms. The Balaban J connectivity index is 1.46. The summed E-state index contributed by atoms with van der Waals surface area (Å²) in [6.07, 6.45) is 1.15. The summed E-state index contributed by atoms with van der Waals surface area (Å²) in [5.74, 6) is -4.03. The van der Waals surface area contributed by atoms with Gasteiger partial charge in [0.15, 0.2) is 12.4 Å². The highest BCUT2D eigenvalue weighted by atomic mass is 19.1. The number of nitrogens with zero attached hydrogens (tertiary/aromatic N) is 1. The molecule has 28 heavy (non-hydrogen) atoms. The van der Waals surface area contributed by atoms with Gasteiger partial charge in [0.2, 0.25) is 5.91 Å². The molecule has 1 aliphatic heterocycles. The van der Waals surface area contributed by atoms with E-state index in [1.807, 2.05) is 0 Å². The standard InChI is InChI=1S/C18H16FN3O6/c19-12-4-1-2-5-13(12)22-9-11(8-16(22)24)18(26)28-10-15(23)20-21-17(25)14-6-3-7-27-14/h1-7,11H,8-10H2,(H,20,23)(H,21,25)/t11-/m1/s1. The molecule has 1 aliphatic rings. The minimum Gasteiger partial charge on any atom is -0.459 e. The van der Waals surface area contributed by atoms with Gasteiger partial charge in [-0.15, -0.1) is 0 Å². The summed E-state index contributed by atoms with van der Waals surface area (Å²) in [7, 11) is 0. The molecule has 1 aromatic heterocycles. The summed E-state index contributed by atoms with van der Waals surface area (Å²) in [5.41, 5.74) is 4.24. The van der Waals surface area contributed by atoms with E-state index in [-0.39, 0.29) is 24.4 Å². The highest BCUT2D eigenvalue weighted by Gasteiger charge is 2.37. The topological polar surface area (TPSA) is 118 Å². The first-order chi connectivity index (χ1) is 13.5. The minimum atomic E-state index is -0.822.